The van der Waals surface area contributed by atoms with E-state index in [2.05, 4.69) is 10.5 Å². The van der Waals surface area contributed by atoms with E-state index in [1.54, 1.807) is 30.3 Å². The minimum Gasteiger partial charge on any atom is -0.478 e. The number of aromatic carboxylic acids is 1. The Labute approximate surface area is 127 Å². The van der Waals surface area contributed by atoms with Gasteiger partial charge in [-0.05, 0) is 37.0 Å². The first-order chi connectivity index (χ1) is 10.6. The zero-order chi connectivity index (χ0) is 15.5. The van der Waals surface area contributed by atoms with E-state index < -0.39 is 5.97 Å². The minimum absolute atomic E-state index is 0.252. The molecule has 1 amide bonds. The summed E-state index contributed by atoms with van der Waals surface area (Å²) in [5, 5.41) is 15.4. The molecule has 22 heavy (non-hydrogen) atoms. The van der Waals surface area contributed by atoms with Crippen LogP contribution in [0.15, 0.2) is 34.9 Å². The zero-order valence-electron chi connectivity index (χ0n) is 11.9. The maximum atomic E-state index is 11.9. The van der Waals surface area contributed by atoms with E-state index >= 15 is 0 Å². The summed E-state index contributed by atoms with van der Waals surface area (Å²) in [4.78, 5) is 22.7. The Kier molecular flexibility index (Phi) is 3.91. The average molecular weight is 300 g/mol. The van der Waals surface area contributed by atoms with Crippen molar-refractivity contribution < 1.29 is 19.2 Å². The molecule has 2 aromatic rings. The molecule has 1 fully saturated rings. The van der Waals surface area contributed by atoms with Gasteiger partial charge in [0.25, 0.3) is 5.91 Å². The first kappa shape index (κ1) is 14.3. The van der Waals surface area contributed by atoms with E-state index in [0.717, 1.165) is 24.2 Å². The Balaban J connectivity index is 1.49. The summed E-state index contributed by atoms with van der Waals surface area (Å²) < 4.78 is 5.14. The van der Waals surface area contributed by atoms with Gasteiger partial charge in [0.05, 0.1) is 5.56 Å². The lowest BCUT2D eigenvalue weighted by Crippen LogP contribution is -2.25. The summed E-state index contributed by atoms with van der Waals surface area (Å²) in [6.07, 6.45) is 2.82. The third-order valence-corrected chi connectivity index (χ3v) is 3.64. The van der Waals surface area contributed by atoms with Crippen molar-refractivity contribution in [1.82, 2.24) is 10.5 Å². The predicted octanol–water partition coefficient (Wildman–Crippen LogP) is 2.22. The van der Waals surface area contributed by atoms with E-state index in [-0.39, 0.29) is 11.5 Å². The molecule has 2 N–H and O–H groups in total. The number of carboxylic acids is 1. The first-order valence-corrected chi connectivity index (χ1v) is 7.20. The number of carbonyl (C=O) groups excluding carboxylic acids is 1. The molecular weight excluding hydrogens is 284 g/mol. The second kappa shape index (κ2) is 6.01. The summed E-state index contributed by atoms with van der Waals surface area (Å²) in [7, 11) is 0. The number of carboxylic acid groups (broad SMARTS) is 1. The molecule has 114 valence electrons. The SMILES string of the molecule is O=C(O)c1ccc(CCNC(=O)c2cc(C3CC3)on2)cc1. The molecule has 1 aromatic heterocycles. The molecule has 1 saturated carbocycles. The van der Waals surface area contributed by atoms with Crippen LogP contribution in [0.5, 0.6) is 0 Å². The summed E-state index contributed by atoms with van der Waals surface area (Å²) in [6, 6.07) is 8.31. The quantitative estimate of drug-likeness (QED) is 0.853. The minimum atomic E-state index is -0.947. The van der Waals surface area contributed by atoms with Crippen LogP contribution in [0.4, 0.5) is 0 Å². The van der Waals surface area contributed by atoms with Gasteiger partial charge in [0.2, 0.25) is 0 Å². The van der Waals surface area contributed by atoms with Crippen LogP contribution in [0.3, 0.4) is 0 Å². The Morgan fingerprint density at radius 3 is 2.64 bits per heavy atom. The summed E-state index contributed by atoms with van der Waals surface area (Å²) in [5.74, 6) is 0.0198. The third-order valence-electron chi connectivity index (χ3n) is 3.64. The van der Waals surface area contributed by atoms with Gasteiger partial charge in [-0.25, -0.2) is 4.79 Å². The van der Waals surface area contributed by atoms with Crippen molar-refractivity contribution in [3.8, 4) is 0 Å². The molecule has 0 radical (unpaired) electrons. The van der Waals surface area contributed by atoms with Gasteiger partial charge in [-0.15, -0.1) is 0 Å². The molecule has 1 aliphatic rings. The number of nitrogens with one attached hydrogen (secondary N) is 1. The maximum Gasteiger partial charge on any atom is 0.335 e. The molecule has 1 aromatic carbocycles. The second-order valence-corrected chi connectivity index (χ2v) is 5.40. The number of nitrogens with zero attached hydrogens (tertiary/aromatic N) is 1. The number of aromatic nitrogens is 1. The molecule has 0 aliphatic heterocycles. The van der Waals surface area contributed by atoms with Crippen LogP contribution >= 0.6 is 0 Å². The molecule has 1 aliphatic carbocycles. The molecule has 0 spiro atoms. The second-order valence-electron chi connectivity index (χ2n) is 5.40. The van der Waals surface area contributed by atoms with Gasteiger partial charge in [0.15, 0.2) is 5.69 Å². The van der Waals surface area contributed by atoms with Crippen LogP contribution in [0.2, 0.25) is 0 Å². The summed E-state index contributed by atoms with van der Waals surface area (Å²) in [5.41, 5.74) is 1.52. The molecule has 6 nitrogen and oxygen atoms in total. The van der Waals surface area contributed by atoms with Crippen LogP contribution in [-0.2, 0) is 6.42 Å². The van der Waals surface area contributed by atoms with Crippen molar-refractivity contribution in [3.05, 3.63) is 52.9 Å². The van der Waals surface area contributed by atoms with Crippen LogP contribution in [-0.4, -0.2) is 28.7 Å². The lowest BCUT2D eigenvalue weighted by Gasteiger charge is -2.03. The van der Waals surface area contributed by atoms with Crippen LogP contribution in [0, 0.1) is 0 Å². The fourth-order valence-electron chi connectivity index (χ4n) is 2.18. The fraction of sp³-hybridized carbons (Fsp3) is 0.312. The number of hydrogen-bond acceptors (Lipinski definition) is 4. The number of amides is 1. The number of benzene rings is 1. The van der Waals surface area contributed by atoms with Gasteiger partial charge in [-0.2, -0.15) is 0 Å². The molecule has 0 atom stereocenters. The molecule has 0 bridgehead atoms. The van der Waals surface area contributed by atoms with Crippen molar-refractivity contribution >= 4 is 11.9 Å². The number of rotatable bonds is 6. The predicted molar refractivity (Wildman–Crippen MR) is 77.9 cm³/mol. The monoisotopic (exact) mass is 300 g/mol. The highest BCUT2D eigenvalue weighted by Crippen LogP contribution is 2.40. The Bertz CT molecular complexity index is 686. The maximum absolute atomic E-state index is 11.9. The topological polar surface area (TPSA) is 92.4 Å². The van der Waals surface area contributed by atoms with E-state index in [1.165, 1.54) is 0 Å². The zero-order valence-corrected chi connectivity index (χ0v) is 11.9. The van der Waals surface area contributed by atoms with Gasteiger partial charge in [0.1, 0.15) is 5.76 Å². The largest absolute Gasteiger partial charge is 0.478 e. The van der Waals surface area contributed by atoms with Crippen molar-refractivity contribution in [3.63, 3.8) is 0 Å². The number of carbonyl (C=O) groups is 2. The lowest BCUT2D eigenvalue weighted by molar-refractivity contribution is 0.0696. The van der Waals surface area contributed by atoms with E-state index in [9.17, 15) is 9.59 Å². The van der Waals surface area contributed by atoms with Gasteiger partial charge < -0.3 is 14.9 Å². The fourth-order valence-corrected chi connectivity index (χ4v) is 2.18. The van der Waals surface area contributed by atoms with Gasteiger partial charge >= 0.3 is 5.97 Å². The Morgan fingerprint density at radius 2 is 2.00 bits per heavy atom. The van der Waals surface area contributed by atoms with Crippen molar-refractivity contribution in [2.24, 2.45) is 0 Å². The van der Waals surface area contributed by atoms with Crippen LogP contribution in [0.25, 0.3) is 0 Å². The average Bonchev–Trinajstić information content (AvgIpc) is 3.25. The summed E-state index contributed by atoms with van der Waals surface area (Å²) >= 11 is 0. The van der Waals surface area contributed by atoms with Crippen molar-refractivity contribution in [1.29, 1.82) is 0 Å². The van der Waals surface area contributed by atoms with E-state index in [4.69, 9.17) is 9.63 Å². The molecule has 6 heteroatoms. The molecule has 0 saturated heterocycles. The highest BCUT2D eigenvalue weighted by Gasteiger charge is 2.28. The standard InChI is InChI=1S/C16H16N2O4/c19-15(13-9-14(22-18-13)11-5-6-11)17-8-7-10-1-3-12(4-2-10)16(20)21/h1-4,9,11H,5-8H2,(H,17,19)(H,20,21). The van der Waals surface area contributed by atoms with E-state index in [0.29, 0.717) is 24.6 Å². The highest BCUT2D eigenvalue weighted by molar-refractivity contribution is 5.92. The highest BCUT2D eigenvalue weighted by atomic mass is 16.5. The Hall–Kier alpha value is -2.63. The third kappa shape index (κ3) is 3.33. The van der Waals surface area contributed by atoms with Gasteiger partial charge in [-0.3, -0.25) is 4.79 Å². The smallest absolute Gasteiger partial charge is 0.335 e. The molecular formula is C16H16N2O4. The molecule has 3 rings (SSSR count). The lowest BCUT2D eigenvalue weighted by atomic mass is 10.1. The van der Waals surface area contributed by atoms with Crippen LogP contribution < -0.4 is 5.32 Å². The first-order valence-electron chi connectivity index (χ1n) is 7.20. The van der Waals surface area contributed by atoms with Crippen molar-refractivity contribution in [2.45, 2.75) is 25.2 Å². The summed E-state index contributed by atoms with van der Waals surface area (Å²) in [6.45, 7) is 0.455. The Morgan fingerprint density at radius 1 is 1.27 bits per heavy atom. The molecule has 0 unspecified atom stereocenters. The van der Waals surface area contributed by atoms with Gasteiger partial charge in [-0.1, -0.05) is 17.3 Å². The molecule has 1 heterocycles. The van der Waals surface area contributed by atoms with Crippen LogP contribution in [0.1, 0.15) is 50.9 Å². The van der Waals surface area contributed by atoms with E-state index in [1.807, 2.05) is 0 Å². The van der Waals surface area contributed by atoms with Gasteiger partial charge in [0, 0.05) is 18.5 Å². The van der Waals surface area contributed by atoms with Crippen molar-refractivity contribution in [2.75, 3.05) is 6.54 Å². The number of hydrogen-bond donors (Lipinski definition) is 2. The normalized spacial score (nSPS) is 13.8.